The summed E-state index contributed by atoms with van der Waals surface area (Å²) in [4.78, 5) is 18.6. The molecule has 3 rings (SSSR count). The van der Waals surface area contributed by atoms with Crippen LogP contribution in [0.4, 0.5) is 0 Å². The molecule has 1 amide bonds. The Balaban J connectivity index is 0.00000300. The highest BCUT2D eigenvalue weighted by Gasteiger charge is 2.36. The molecule has 0 radical (unpaired) electrons. The van der Waals surface area contributed by atoms with Crippen LogP contribution < -0.4 is 10.6 Å². The molecule has 1 saturated heterocycles. The number of amides is 1. The number of benzene rings is 1. The van der Waals surface area contributed by atoms with Crippen molar-refractivity contribution in [1.82, 2.24) is 15.5 Å². The molecule has 1 aliphatic heterocycles. The van der Waals surface area contributed by atoms with E-state index >= 15 is 0 Å². The summed E-state index contributed by atoms with van der Waals surface area (Å²) >= 11 is 6.09. The van der Waals surface area contributed by atoms with Crippen LogP contribution in [0.2, 0.25) is 5.02 Å². The number of nitrogens with one attached hydrogen (secondary N) is 2. The minimum atomic E-state index is 0. The SMILES string of the molecule is CN=C(NCC1(c2ccc(Cl)cc2)CCCC1)NC1CCN(C(=O)C(C)C)C1.I. The highest BCUT2D eigenvalue weighted by Crippen LogP contribution is 2.40. The third-order valence-corrected chi connectivity index (χ3v) is 6.42. The fraction of sp³-hybridized carbons (Fsp3) is 0.636. The largest absolute Gasteiger partial charge is 0.356 e. The molecule has 0 bridgehead atoms. The maximum absolute atomic E-state index is 12.2. The van der Waals surface area contributed by atoms with Crippen LogP contribution in [0.3, 0.4) is 0 Å². The van der Waals surface area contributed by atoms with E-state index in [4.69, 9.17) is 11.6 Å². The number of carbonyl (C=O) groups excluding carboxylic acids is 1. The first-order valence-electron chi connectivity index (χ1n) is 10.5. The molecule has 1 heterocycles. The molecule has 162 valence electrons. The van der Waals surface area contributed by atoms with Crippen molar-refractivity contribution in [1.29, 1.82) is 0 Å². The van der Waals surface area contributed by atoms with E-state index in [9.17, 15) is 4.79 Å². The second kappa shape index (κ2) is 10.8. The van der Waals surface area contributed by atoms with E-state index < -0.39 is 0 Å². The van der Waals surface area contributed by atoms with E-state index in [1.54, 1.807) is 0 Å². The second-order valence-electron chi connectivity index (χ2n) is 8.49. The number of aliphatic imine (C=N–C) groups is 1. The molecular weight excluding hydrogens is 499 g/mol. The summed E-state index contributed by atoms with van der Waals surface area (Å²) in [7, 11) is 1.81. The smallest absolute Gasteiger partial charge is 0.225 e. The lowest BCUT2D eigenvalue weighted by molar-refractivity contribution is -0.133. The summed E-state index contributed by atoms with van der Waals surface area (Å²) in [5.74, 6) is 1.11. The predicted molar refractivity (Wildman–Crippen MR) is 131 cm³/mol. The number of guanidine groups is 1. The van der Waals surface area contributed by atoms with Gasteiger partial charge >= 0.3 is 0 Å². The van der Waals surface area contributed by atoms with Gasteiger partial charge in [-0.05, 0) is 37.0 Å². The Labute approximate surface area is 197 Å². The number of carbonyl (C=O) groups is 1. The van der Waals surface area contributed by atoms with Gasteiger partial charge in [-0.2, -0.15) is 0 Å². The van der Waals surface area contributed by atoms with Gasteiger partial charge in [0.05, 0.1) is 0 Å². The number of rotatable bonds is 5. The Morgan fingerprint density at radius 1 is 1.28 bits per heavy atom. The second-order valence-corrected chi connectivity index (χ2v) is 8.93. The normalized spacial score (nSPS) is 21.2. The highest BCUT2D eigenvalue weighted by molar-refractivity contribution is 14.0. The number of likely N-dealkylation sites (tertiary alicyclic amines) is 1. The van der Waals surface area contributed by atoms with Crippen LogP contribution in [0.25, 0.3) is 0 Å². The van der Waals surface area contributed by atoms with E-state index in [-0.39, 0.29) is 47.3 Å². The maximum atomic E-state index is 12.2. The molecular formula is C22H34ClIN4O. The van der Waals surface area contributed by atoms with Gasteiger partial charge < -0.3 is 15.5 Å². The monoisotopic (exact) mass is 532 g/mol. The van der Waals surface area contributed by atoms with E-state index in [0.29, 0.717) is 0 Å². The molecule has 2 N–H and O–H groups in total. The highest BCUT2D eigenvalue weighted by atomic mass is 127. The summed E-state index contributed by atoms with van der Waals surface area (Å²) in [5.41, 5.74) is 1.49. The van der Waals surface area contributed by atoms with E-state index in [0.717, 1.165) is 37.0 Å². The molecule has 1 aliphatic carbocycles. The first-order valence-corrected chi connectivity index (χ1v) is 10.8. The Morgan fingerprint density at radius 2 is 1.93 bits per heavy atom. The minimum Gasteiger partial charge on any atom is -0.356 e. The molecule has 7 heteroatoms. The van der Waals surface area contributed by atoms with Crippen LogP contribution in [0, 0.1) is 5.92 Å². The lowest BCUT2D eigenvalue weighted by Gasteiger charge is -2.31. The van der Waals surface area contributed by atoms with Gasteiger partial charge in [0.2, 0.25) is 5.91 Å². The maximum Gasteiger partial charge on any atom is 0.225 e. The van der Waals surface area contributed by atoms with Crippen LogP contribution in [0.5, 0.6) is 0 Å². The van der Waals surface area contributed by atoms with E-state index in [2.05, 4.69) is 27.8 Å². The molecule has 1 aromatic rings. The Morgan fingerprint density at radius 3 is 2.52 bits per heavy atom. The lowest BCUT2D eigenvalue weighted by Crippen LogP contribution is -2.49. The van der Waals surface area contributed by atoms with Crippen molar-refractivity contribution in [2.24, 2.45) is 10.9 Å². The van der Waals surface area contributed by atoms with Gasteiger partial charge in [-0.15, -0.1) is 24.0 Å². The summed E-state index contributed by atoms with van der Waals surface area (Å²) in [6.45, 7) is 6.35. The van der Waals surface area contributed by atoms with Gasteiger partial charge in [-0.25, -0.2) is 0 Å². The Kier molecular flexibility index (Phi) is 9.07. The number of halogens is 2. The van der Waals surface area contributed by atoms with Gasteiger partial charge in [0.1, 0.15) is 0 Å². The predicted octanol–water partition coefficient (Wildman–Crippen LogP) is 4.19. The average molecular weight is 533 g/mol. The van der Waals surface area contributed by atoms with Crippen molar-refractivity contribution in [2.75, 3.05) is 26.7 Å². The van der Waals surface area contributed by atoms with E-state index in [1.165, 1.54) is 31.2 Å². The Hall–Kier alpha value is -1.02. The molecule has 0 aromatic heterocycles. The van der Waals surface area contributed by atoms with Crippen molar-refractivity contribution < 1.29 is 4.79 Å². The van der Waals surface area contributed by atoms with Crippen molar-refractivity contribution >= 4 is 47.4 Å². The molecule has 2 aliphatic rings. The van der Waals surface area contributed by atoms with Gasteiger partial charge in [0.25, 0.3) is 0 Å². The van der Waals surface area contributed by atoms with Gasteiger partial charge in [0, 0.05) is 49.1 Å². The number of nitrogens with zero attached hydrogens (tertiary/aromatic N) is 2. The molecule has 1 aromatic carbocycles. The molecule has 2 fully saturated rings. The van der Waals surface area contributed by atoms with Crippen molar-refractivity contribution in [3.8, 4) is 0 Å². The van der Waals surface area contributed by atoms with Crippen LogP contribution in [0.15, 0.2) is 29.3 Å². The topological polar surface area (TPSA) is 56.7 Å². The van der Waals surface area contributed by atoms with Gasteiger partial charge in [-0.1, -0.05) is 50.4 Å². The molecule has 29 heavy (non-hydrogen) atoms. The number of hydrogen-bond donors (Lipinski definition) is 2. The lowest BCUT2D eigenvalue weighted by atomic mass is 9.79. The standard InChI is InChI=1S/C22H33ClN4O.HI/c1-16(2)20(28)27-13-10-19(14-27)26-21(24-3)25-15-22(11-4-5-12-22)17-6-8-18(23)9-7-17;/h6-9,16,19H,4-5,10-15H2,1-3H3,(H2,24,25,26);1H. The molecule has 1 saturated carbocycles. The fourth-order valence-corrected chi connectivity index (χ4v) is 4.63. The van der Waals surface area contributed by atoms with Crippen LogP contribution >= 0.6 is 35.6 Å². The average Bonchev–Trinajstić information content (AvgIpc) is 3.35. The zero-order chi connectivity index (χ0) is 20.1. The van der Waals surface area contributed by atoms with Crippen LogP contribution in [-0.4, -0.2) is 49.5 Å². The summed E-state index contributed by atoms with van der Waals surface area (Å²) < 4.78 is 0. The van der Waals surface area contributed by atoms with E-state index in [1.807, 2.05) is 37.9 Å². The summed E-state index contributed by atoms with van der Waals surface area (Å²) in [6.07, 6.45) is 5.83. The zero-order valence-electron chi connectivity index (χ0n) is 17.7. The van der Waals surface area contributed by atoms with Crippen LogP contribution in [-0.2, 0) is 10.2 Å². The quantitative estimate of drug-likeness (QED) is 0.340. The van der Waals surface area contributed by atoms with Crippen molar-refractivity contribution in [3.05, 3.63) is 34.9 Å². The third kappa shape index (κ3) is 6.00. The fourth-order valence-electron chi connectivity index (χ4n) is 4.51. The minimum absolute atomic E-state index is 0. The summed E-state index contributed by atoms with van der Waals surface area (Å²) in [6, 6.07) is 8.56. The Bertz CT molecular complexity index is 701. The summed E-state index contributed by atoms with van der Waals surface area (Å²) in [5, 5.41) is 7.86. The van der Waals surface area contributed by atoms with Crippen molar-refractivity contribution in [3.63, 3.8) is 0 Å². The molecule has 0 spiro atoms. The number of hydrogen-bond acceptors (Lipinski definition) is 2. The first-order chi connectivity index (χ1) is 13.4. The van der Waals surface area contributed by atoms with Crippen molar-refractivity contribution in [2.45, 2.75) is 57.4 Å². The van der Waals surface area contributed by atoms with Crippen LogP contribution in [0.1, 0.15) is 51.5 Å². The first kappa shape index (κ1) is 24.3. The zero-order valence-corrected chi connectivity index (χ0v) is 20.8. The van der Waals surface area contributed by atoms with Gasteiger partial charge in [-0.3, -0.25) is 9.79 Å². The van der Waals surface area contributed by atoms with Gasteiger partial charge in [0.15, 0.2) is 5.96 Å². The molecule has 1 unspecified atom stereocenters. The third-order valence-electron chi connectivity index (χ3n) is 6.17. The molecule has 1 atom stereocenters. The molecule has 5 nitrogen and oxygen atoms in total.